The predicted molar refractivity (Wildman–Crippen MR) is 81.3 cm³/mol. The van der Waals surface area contributed by atoms with Crippen molar-refractivity contribution >= 4 is 17.4 Å². The fourth-order valence-electron chi connectivity index (χ4n) is 1.90. The van der Waals surface area contributed by atoms with Crippen molar-refractivity contribution in [2.75, 3.05) is 12.0 Å². The van der Waals surface area contributed by atoms with Gasteiger partial charge in [-0.05, 0) is 48.7 Å². The first-order chi connectivity index (χ1) is 10.2. The number of benzene rings is 2. The highest BCUT2D eigenvalue weighted by molar-refractivity contribution is 7.98. The second-order valence-corrected chi connectivity index (χ2v) is 5.27. The number of nitrogens with zero attached hydrogens (tertiary/aromatic N) is 2. The van der Waals surface area contributed by atoms with E-state index in [1.165, 1.54) is 12.1 Å². The number of hydrogen-bond acceptors (Lipinski definition) is 5. The number of hydrogen-bond donors (Lipinski definition) is 1. The van der Waals surface area contributed by atoms with Crippen LogP contribution in [0.3, 0.4) is 0 Å². The van der Waals surface area contributed by atoms with Crippen molar-refractivity contribution in [3.8, 4) is 22.8 Å². The molecule has 0 spiro atoms. The van der Waals surface area contributed by atoms with Gasteiger partial charge in [-0.25, -0.2) is 4.39 Å². The zero-order valence-electron chi connectivity index (χ0n) is 11.2. The molecule has 0 unspecified atom stereocenters. The third-order valence-corrected chi connectivity index (χ3v) is 3.74. The van der Waals surface area contributed by atoms with Crippen LogP contribution in [0.4, 0.5) is 10.1 Å². The minimum absolute atomic E-state index is 0.136. The highest BCUT2D eigenvalue weighted by atomic mass is 32.2. The van der Waals surface area contributed by atoms with Gasteiger partial charge < -0.3 is 10.3 Å². The van der Waals surface area contributed by atoms with Crippen LogP contribution < -0.4 is 5.73 Å². The van der Waals surface area contributed by atoms with Gasteiger partial charge in [-0.3, -0.25) is 0 Å². The standard InChI is InChI=1S/C15H12FN3OS/c1-21-11-5-2-9(3-6-11)14-18-15(20-19-14)12-7-4-10(17)8-13(12)16/h2-8H,17H2,1H3. The average Bonchev–Trinajstić information content (AvgIpc) is 2.97. The van der Waals surface area contributed by atoms with Crippen LogP contribution in [-0.2, 0) is 0 Å². The van der Waals surface area contributed by atoms with Crippen LogP contribution >= 0.6 is 11.8 Å². The lowest BCUT2D eigenvalue weighted by atomic mass is 10.2. The zero-order chi connectivity index (χ0) is 14.8. The van der Waals surface area contributed by atoms with E-state index in [2.05, 4.69) is 10.1 Å². The van der Waals surface area contributed by atoms with E-state index in [1.807, 2.05) is 30.5 Å². The summed E-state index contributed by atoms with van der Waals surface area (Å²) in [7, 11) is 0. The van der Waals surface area contributed by atoms with Gasteiger partial charge in [0, 0.05) is 16.1 Å². The van der Waals surface area contributed by atoms with E-state index in [4.69, 9.17) is 10.3 Å². The molecule has 0 atom stereocenters. The van der Waals surface area contributed by atoms with Crippen molar-refractivity contribution in [1.82, 2.24) is 10.1 Å². The van der Waals surface area contributed by atoms with Crippen LogP contribution in [-0.4, -0.2) is 16.4 Å². The molecule has 6 heteroatoms. The van der Waals surface area contributed by atoms with E-state index in [0.29, 0.717) is 11.5 Å². The van der Waals surface area contributed by atoms with Gasteiger partial charge >= 0.3 is 0 Å². The summed E-state index contributed by atoms with van der Waals surface area (Å²) in [5.74, 6) is 0.0771. The fourth-order valence-corrected chi connectivity index (χ4v) is 2.30. The van der Waals surface area contributed by atoms with E-state index >= 15 is 0 Å². The van der Waals surface area contributed by atoms with Gasteiger partial charge in [0.25, 0.3) is 5.89 Å². The number of halogens is 1. The first kappa shape index (κ1) is 13.6. The maximum Gasteiger partial charge on any atom is 0.261 e. The largest absolute Gasteiger partial charge is 0.399 e. The summed E-state index contributed by atoms with van der Waals surface area (Å²) in [6, 6.07) is 12.1. The molecule has 0 fully saturated rings. The molecule has 1 heterocycles. The predicted octanol–water partition coefficient (Wildman–Crippen LogP) is 3.85. The van der Waals surface area contributed by atoms with Gasteiger partial charge in [-0.1, -0.05) is 5.16 Å². The Balaban J connectivity index is 1.95. The van der Waals surface area contributed by atoms with Crippen molar-refractivity contribution < 1.29 is 8.91 Å². The van der Waals surface area contributed by atoms with Gasteiger partial charge in [-0.15, -0.1) is 11.8 Å². The van der Waals surface area contributed by atoms with E-state index in [0.717, 1.165) is 10.5 Å². The second kappa shape index (κ2) is 5.57. The molecule has 21 heavy (non-hydrogen) atoms. The minimum Gasteiger partial charge on any atom is -0.399 e. The van der Waals surface area contributed by atoms with Crippen LogP contribution in [0.5, 0.6) is 0 Å². The maximum atomic E-state index is 13.8. The van der Waals surface area contributed by atoms with E-state index in [-0.39, 0.29) is 11.5 Å². The third-order valence-electron chi connectivity index (χ3n) is 3.00. The molecule has 4 nitrogen and oxygen atoms in total. The molecule has 0 bridgehead atoms. The summed E-state index contributed by atoms with van der Waals surface area (Å²) >= 11 is 1.65. The molecule has 3 rings (SSSR count). The topological polar surface area (TPSA) is 64.9 Å². The molecule has 2 aromatic carbocycles. The normalized spacial score (nSPS) is 10.8. The lowest BCUT2D eigenvalue weighted by molar-refractivity contribution is 0.429. The molecular weight excluding hydrogens is 289 g/mol. The van der Waals surface area contributed by atoms with Gasteiger partial charge in [0.05, 0.1) is 5.56 Å². The molecule has 0 saturated carbocycles. The molecule has 106 valence electrons. The van der Waals surface area contributed by atoms with Crippen LogP contribution in [0.1, 0.15) is 0 Å². The molecule has 3 aromatic rings. The Hall–Kier alpha value is -2.34. The summed E-state index contributed by atoms with van der Waals surface area (Å²) in [5, 5.41) is 3.89. The summed E-state index contributed by atoms with van der Waals surface area (Å²) in [6.45, 7) is 0. The fraction of sp³-hybridized carbons (Fsp3) is 0.0667. The number of anilines is 1. The first-order valence-electron chi connectivity index (χ1n) is 6.21. The number of rotatable bonds is 3. The Bertz CT molecular complexity index is 771. The van der Waals surface area contributed by atoms with Crippen LogP contribution in [0.25, 0.3) is 22.8 Å². The summed E-state index contributed by atoms with van der Waals surface area (Å²) in [5.41, 5.74) is 6.93. The van der Waals surface area contributed by atoms with Gasteiger partial charge in [0.1, 0.15) is 5.82 Å². The van der Waals surface area contributed by atoms with Crippen LogP contribution in [0.15, 0.2) is 51.9 Å². The lowest BCUT2D eigenvalue weighted by Gasteiger charge is -1.98. The molecular formula is C15H12FN3OS. The lowest BCUT2D eigenvalue weighted by Crippen LogP contribution is -1.89. The molecule has 1 aromatic heterocycles. The number of thioether (sulfide) groups is 1. The summed E-state index contributed by atoms with van der Waals surface area (Å²) in [4.78, 5) is 5.38. The van der Waals surface area contributed by atoms with Crippen molar-refractivity contribution in [3.63, 3.8) is 0 Å². The summed E-state index contributed by atoms with van der Waals surface area (Å²) < 4.78 is 19.0. The SMILES string of the molecule is CSc1ccc(-c2noc(-c3ccc(N)cc3F)n2)cc1. The molecule has 0 saturated heterocycles. The van der Waals surface area contributed by atoms with Gasteiger partial charge in [0.15, 0.2) is 0 Å². The quantitative estimate of drug-likeness (QED) is 0.588. The van der Waals surface area contributed by atoms with E-state index < -0.39 is 5.82 Å². The van der Waals surface area contributed by atoms with Crippen LogP contribution in [0.2, 0.25) is 0 Å². The first-order valence-corrected chi connectivity index (χ1v) is 7.43. The smallest absolute Gasteiger partial charge is 0.261 e. The van der Waals surface area contributed by atoms with Gasteiger partial charge in [-0.2, -0.15) is 4.98 Å². The van der Waals surface area contributed by atoms with Crippen molar-refractivity contribution in [2.45, 2.75) is 4.90 Å². The summed E-state index contributed by atoms with van der Waals surface area (Å²) in [6.07, 6.45) is 2.01. The minimum atomic E-state index is -0.483. The highest BCUT2D eigenvalue weighted by Crippen LogP contribution is 2.26. The molecule has 0 amide bonds. The number of nitrogen functional groups attached to an aromatic ring is 1. The maximum absolute atomic E-state index is 13.8. The van der Waals surface area contributed by atoms with E-state index in [1.54, 1.807) is 17.8 Å². The molecule has 0 radical (unpaired) electrons. The van der Waals surface area contributed by atoms with Crippen molar-refractivity contribution in [1.29, 1.82) is 0 Å². The Morgan fingerprint density at radius 1 is 1.14 bits per heavy atom. The molecule has 0 aliphatic rings. The second-order valence-electron chi connectivity index (χ2n) is 4.39. The molecule has 0 aliphatic heterocycles. The number of aromatic nitrogens is 2. The number of nitrogens with two attached hydrogens (primary N) is 1. The van der Waals surface area contributed by atoms with Gasteiger partial charge in [0.2, 0.25) is 5.82 Å². The zero-order valence-corrected chi connectivity index (χ0v) is 12.0. The Labute approximate surface area is 125 Å². The van der Waals surface area contributed by atoms with E-state index in [9.17, 15) is 4.39 Å². The molecule has 2 N–H and O–H groups in total. The Kier molecular flexibility index (Phi) is 3.62. The monoisotopic (exact) mass is 301 g/mol. The molecule has 0 aliphatic carbocycles. The Morgan fingerprint density at radius 2 is 1.90 bits per heavy atom. The van der Waals surface area contributed by atoms with Crippen molar-refractivity contribution in [2.24, 2.45) is 0 Å². The van der Waals surface area contributed by atoms with Crippen LogP contribution in [0, 0.1) is 5.82 Å². The van der Waals surface area contributed by atoms with Crippen molar-refractivity contribution in [3.05, 3.63) is 48.3 Å². The Morgan fingerprint density at radius 3 is 2.57 bits per heavy atom. The third kappa shape index (κ3) is 2.75. The highest BCUT2D eigenvalue weighted by Gasteiger charge is 2.14. The average molecular weight is 301 g/mol.